The summed E-state index contributed by atoms with van der Waals surface area (Å²) in [4.78, 5) is 46.7. The highest BCUT2D eigenvalue weighted by molar-refractivity contribution is 5.81. The largest absolute Gasteiger partial charge is 0.388 e. The van der Waals surface area contributed by atoms with Crippen LogP contribution in [0.5, 0.6) is 0 Å². The van der Waals surface area contributed by atoms with Crippen molar-refractivity contribution < 1.29 is 23.9 Å². The van der Waals surface area contributed by atoms with Gasteiger partial charge in [-0.25, -0.2) is 0 Å². The first kappa shape index (κ1) is 42.4. The summed E-state index contributed by atoms with van der Waals surface area (Å²) < 4.78 is 11.9. The number of rotatable bonds is 21. The first-order chi connectivity index (χ1) is 23.2. The number of methoxy groups -OCH3 is 2. The second kappa shape index (κ2) is 20.8. The Morgan fingerprint density at radius 1 is 1.04 bits per heavy atom. The fourth-order valence-electron chi connectivity index (χ4n) is 7.27. The molecule has 1 saturated heterocycles. The van der Waals surface area contributed by atoms with Gasteiger partial charge in [-0.2, -0.15) is 0 Å². The van der Waals surface area contributed by atoms with Crippen molar-refractivity contribution in [2.24, 2.45) is 23.5 Å². The van der Waals surface area contributed by atoms with Crippen LogP contribution >= 0.6 is 0 Å². The maximum atomic E-state index is 14.0. The number of ether oxygens (including phenoxy) is 2. The standard InChI is InChI=1S/C37H67N7O5/c1-12-25(4)34(43(9)33(46)23-40-36(24(2)3)42(7)8)31(48-10)21-32(45)44-19-13-14-30(44)35(49-11)26(5)37(47)41-29(22-38)20-27-15-17-28(39-6)18-16-27/h15-18,24-26,29-31,34-36,39-40H,12-14,19-23,38H2,1-11H3,(H,41,47)/t25-,26?,29?,30?,31?,34?,35?,36?/m0/s1. The zero-order valence-electron chi connectivity index (χ0n) is 32.1. The molecule has 1 heterocycles. The monoisotopic (exact) mass is 690 g/mol. The average Bonchev–Trinajstić information content (AvgIpc) is 3.57. The Bertz CT molecular complexity index is 1140. The number of nitrogens with two attached hydrogens (primary N) is 1. The number of hydrogen-bond acceptors (Lipinski definition) is 9. The smallest absolute Gasteiger partial charge is 0.236 e. The summed E-state index contributed by atoms with van der Waals surface area (Å²) in [5.74, 6) is -0.344. The number of hydrogen-bond donors (Lipinski definition) is 4. The summed E-state index contributed by atoms with van der Waals surface area (Å²) in [5.41, 5.74) is 8.17. The highest BCUT2D eigenvalue weighted by Gasteiger charge is 2.42. The van der Waals surface area contributed by atoms with Crippen molar-refractivity contribution in [2.45, 2.75) is 103 Å². The van der Waals surface area contributed by atoms with Crippen LogP contribution in [0.4, 0.5) is 5.69 Å². The van der Waals surface area contributed by atoms with Crippen LogP contribution in [-0.2, 0) is 30.3 Å². The molecule has 0 radical (unpaired) electrons. The molecular weight excluding hydrogens is 622 g/mol. The lowest BCUT2D eigenvalue weighted by atomic mass is 9.90. The molecule has 0 spiro atoms. The quantitative estimate of drug-likeness (QED) is 0.144. The van der Waals surface area contributed by atoms with Gasteiger partial charge in [0.05, 0.1) is 49.3 Å². The molecule has 1 aliphatic rings. The Labute approximate surface area is 296 Å². The molecule has 0 aliphatic carbocycles. The Hall–Kier alpha value is -2.77. The number of nitrogens with zero attached hydrogens (tertiary/aromatic N) is 3. The molecule has 0 saturated carbocycles. The topological polar surface area (TPSA) is 142 Å². The van der Waals surface area contributed by atoms with Crippen molar-refractivity contribution >= 4 is 23.4 Å². The normalized spacial score (nSPS) is 19.2. The van der Waals surface area contributed by atoms with Gasteiger partial charge in [0.1, 0.15) is 0 Å². The van der Waals surface area contributed by atoms with E-state index in [2.05, 4.69) is 48.5 Å². The van der Waals surface area contributed by atoms with E-state index in [-0.39, 0.29) is 60.9 Å². The minimum Gasteiger partial charge on any atom is -0.388 e. The number of carbonyl (C=O) groups excluding carboxylic acids is 3. The van der Waals surface area contributed by atoms with E-state index in [0.717, 1.165) is 30.5 Å². The zero-order valence-corrected chi connectivity index (χ0v) is 32.1. The van der Waals surface area contributed by atoms with Crippen molar-refractivity contribution in [1.82, 2.24) is 25.3 Å². The van der Waals surface area contributed by atoms with Crippen molar-refractivity contribution in [1.29, 1.82) is 0 Å². The van der Waals surface area contributed by atoms with Crippen LogP contribution in [0.25, 0.3) is 0 Å². The van der Waals surface area contributed by atoms with Gasteiger partial charge in [-0.1, -0.05) is 53.2 Å². The zero-order chi connectivity index (χ0) is 36.8. The van der Waals surface area contributed by atoms with E-state index in [1.165, 1.54) is 0 Å². The number of anilines is 1. The molecule has 280 valence electrons. The molecule has 1 aromatic carbocycles. The third kappa shape index (κ3) is 11.9. The first-order valence-corrected chi connectivity index (χ1v) is 18.0. The van der Waals surface area contributed by atoms with Crippen LogP contribution in [0.2, 0.25) is 0 Å². The van der Waals surface area contributed by atoms with Gasteiger partial charge in [0.25, 0.3) is 0 Å². The molecule has 1 aliphatic heterocycles. The van der Waals surface area contributed by atoms with Gasteiger partial charge in [-0.05, 0) is 62.9 Å². The second-order valence-electron chi connectivity index (χ2n) is 14.3. The molecule has 49 heavy (non-hydrogen) atoms. The summed E-state index contributed by atoms with van der Waals surface area (Å²) in [6.45, 7) is 11.3. The van der Waals surface area contributed by atoms with E-state index < -0.39 is 18.1 Å². The average molecular weight is 690 g/mol. The molecule has 8 atom stereocenters. The summed E-state index contributed by atoms with van der Waals surface area (Å²) >= 11 is 0. The van der Waals surface area contributed by atoms with Gasteiger partial charge in [-0.3, -0.25) is 24.6 Å². The van der Waals surface area contributed by atoms with Crippen molar-refractivity contribution in [2.75, 3.05) is 67.4 Å². The Morgan fingerprint density at radius 2 is 1.69 bits per heavy atom. The van der Waals surface area contributed by atoms with Crippen LogP contribution in [0.15, 0.2) is 24.3 Å². The van der Waals surface area contributed by atoms with E-state index in [9.17, 15) is 14.4 Å². The molecule has 12 nitrogen and oxygen atoms in total. The van der Waals surface area contributed by atoms with E-state index >= 15 is 0 Å². The second-order valence-corrected chi connectivity index (χ2v) is 14.3. The highest BCUT2D eigenvalue weighted by Crippen LogP contribution is 2.29. The lowest BCUT2D eigenvalue weighted by molar-refractivity contribution is -0.145. The lowest BCUT2D eigenvalue weighted by Gasteiger charge is -2.39. The van der Waals surface area contributed by atoms with Crippen LogP contribution in [-0.4, -0.2) is 131 Å². The molecule has 2 rings (SSSR count). The summed E-state index contributed by atoms with van der Waals surface area (Å²) in [6.07, 6.45) is 2.18. The van der Waals surface area contributed by atoms with Crippen molar-refractivity contribution in [3.8, 4) is 0 Å². The van der Waals surface area contributed by atoms with Crippen molar-refractivity contribution in [3.63, 3.8) is 0 Å². The van der Waals surface area contributed by atoms with E-state index in [1.54, 1.807) is 19.1 Å². The summed E-state index contributed by atoms with van der Waals surface area (Å²) in [6, 6.07) is 7.27. The van der Waals surface area contributed by atoms with E-state index in [4.69, 9.17) is 15.2 Å². The molecule has 5 N–H and O–H groups in total. The number of nitrogens with one attached hydrogen (secondary N) is 3. The van der Waals surface area contributed by atoms with Gasteiger partial charge in [0, 0.05) is 53.1 Å². The van der Waals surface area contributed by atoms with Gasteiger partial charge in [0.2, 0.25) is 17.7 Å². The minimum atomic E-state index is -0.511. The van der Waals surface area contributed by atoms with Crippen molar-refractivity contribution in [3.05, 3.63) is 29.8 Å². The number of amides is 3. The van der Waals surface area contributed by atoms with Crippen LogP contribution < -0.4 is 21.7 Å². The lowest BCUT2D eigenvalue weighted by Crippen LogP contribution is -2.55. The third-order valence-electron chi connectivity index (χ3n) is 10.3. The Morgan fingerprint density at radius 3 is 2.20 bits per heavy atom. The Balaban J connectivity index is 2.15. The molecule has 0 aromatic heterocycles. The summed E-state index contributed by atoms with van der Waals surface area (Å²) in [7, 11) is 10.9. The van der Waals surface area contributed by atoms with Crippen LogP contribution in [0.1, 0.15) is 65.9 Å². The number of benzene rings is 1. The molecule has 1 aromatic rings. The Kier molecular flexibility index (Phi) is 18.0. The molecule has 3 amide bonds. The molecular formula is C37H67N7O5. The molecule has 0 bridgehead atoms. The fraction of sp³-hybridized carbons (Fsp3) is 0.757. The predicted molar refractivity (Wildman–Crippen MR) is 197 cm³/mol. The van der Waals surface area contributed by atoms with Gasteiger partial charge in [0.15, 0.2) is 0 Å². The van der Waals surface area contributed by atoms with Gasteiger partial charge < -0.3 is 35.6 Å². The van der Waals surface area contributed by atoms with Gasteiger partial charge >= 0.3 is 0 Å². The number of likely N-dealkylation sites (N-methyl/N-ethyl adjacent to an activating group) is 1. The molecule has 1 fully saturated rings. The third-order valence-corrected chi connectivity index (χ3v) is 10.3. The maximum Gasteiger partial charge on any atom is 0.236 e. The first-order valence-electron chi connectivity index (χ1n) is 18.0. The van der Waals surface area contributed by atoms with Crippen LogP contribution in [0.3, 0.4) is 0 Å². The number of likely N-dealkylation sites (tertiary alicyclic amines) is 1. The fourth-order valence-corrected chi connectivity index (χ4v) is 7.27. The number of carbonyl (C=O) groups is 3. The SMILES string of the molecule is CC[C@H](C)C(C(CC(=O)N1CCCC1C(OC)C(C)C(=O)NC(CN)Cc1ccc(NC)cc1)OC)N(C)C(=O)CNC(C(C)C)N(C)C. The van der Waals surface area contributed by atoms with E-state index in [0.29, 0.717) is 25.4 Å². The molecule has 7 unspecified atom stereocenters. The van der Waals surface area contributed by atoms with Crippen LogP contribution in [0, 0.1) is 17.8 Å². The maximum absolute atomic E-state index is 14.0. The predicted octanol–water partition coefficient (Wildman–Crippen LogP) is 2.77. The molecule has 12 heteroatoms. The summed E-state index contributed by atoms with van der Waals surface area (Å²) in [5, 5.41) is 9.63. The highest BCUT2D eigenvalue weighted by atomic mass is 16.5. The minimum absolute atomic E-state index is 0.0450. The van der Waals surface area contributed by atoms with Gasteiger partial charge in [-0.15, -0.1) is 0 Å². The van der Waals surface area contributed by atoms with E-state index in [1.807, 2.05) is 64.3 Å².